The van der Waals surface area contributed by atoms with E-state index in [1.807, 2.05) is 30.3 Å². The van der Waals surface area contributed by atoms with Crippen LogP contribution in [-0.4, -0.2) is 22.4 Å². The number of anilines is 2. The van der Waals surface area contributed by atoms with Gasteiger partial charge < -0.3 is 10.6 Å². The van der Waals surface area contributed by atoms with Gasteiger partial charge in [-0.05, 0) is 48.4 Å². The first kappa shape index (κ1) is 18.6. The van der Waals surface area contributed by atoms with Crippen molar-refractivity contribution in [1.82, 2.24) is 15.3 Å². The number of amides is 1. The fraction of sp³-hybridized carbons (Fsp3) is 0.0870. The molecule has 5 nitrogen and oxygen atoms in total. The van der Waals surface area contributed by atoms with Gasteiger partial charge in [-0.3, -0.25) is 9.78 Å². The molecule has 4 rings (SSSR count). The number of pyridine rings is 2. The molecule has 0 bridgehead atoms. The van der Waals surface area contributed by atoms with Gasteiger partial charge in [-0.1, -0.05) is 30.3 Å². The summed E-state index contributed by atoms with van der Waals surface area (Å²) in [6.07, 6.45) is 4.01. The van der Waals surface area contributed by atoms with Crippen molar-refractivity contribution < 1.29 is 9.18 Å². The molecule has 0 aliphatic carbocycles. The molecule has 2 aromatic heterocycles. The second-order valence-corrected chi connectivity index (χ2v) is 6.53. The van der Waals surface area contributed by atoms with Crippen LogP contribution in [0.3, 0.4) is 0 Å². The number of hydrogen-bond acceptors (Lipinski definition) is 4. The van der Waals surface area contributed by atoms with Crippen LogP contribution in [0.2, 0.25) is 0 Å². The van der Waals surface area contributed by atoms with Crippen LogP contribution >= 0.6 is 0 Å². The topological polar surface area (TPSA) is 66.9 Å². The van der Waals surface area contributed by atoms with E-state index in [-0.39, 0.29) is 11.7 Å². The van der Waals surface area contributed by atoms with Gasteiger partial charge in [0.1, 0.15) is 11.6 Å². The maximum Gasteiger partial charge on any atom is 0.255 e. The lowest BCUT2D eigenvalue weighted by Crippen LogP contribution is -2.26. The molecule has 0 aliphatic heterocycles. The summed E-state index contributed by atoms with van der Waals surface area (Å²) in [6, 6.07) is 19.3. The third-order valence-electron chi connectivity index (χ3n) is 4.54. The number of aromatic nitrogens is 2. The van der Waals surface area contributed by atoms with Crippen molar-refractivity contribution in [2.75, 3.05) is 11.9 Å². The molecule has 29 heavy (non-hydrogen) atoms. The average molecular weight is 386 g/mol. The lowest BCUT2D eigenvalue weighted by atomic mass is 10.1. The van der Waals surface area contributed by atoms with Crippen LogP contribution in [0, 0.1) is 5.82 Å². The summed E-state index contributed by atoms with van der Waals surface area (Å²) in [6.45, 7) is 0.461. The van der Waals surface area contributed by atoms with E-state index < -0.39 is 0 Å². The molecule has 2 heterocycles. The molecule has 0 saturated carbocycles. The zero-order valence-electron chi connectivity index (χ0n) is 15.6. The summed E-state index contributed by atoms with van der Waals surface area (Å²) in [7, 11) is 0. The van der Waals surface area contributed by atoms with Gasteiger partial charge in [0.2, 0.25) is 0 Å². The van der Waals surface area contributed by atoms with E-state index in [4.69, 9.17) is 0 Å². The van der Waals surface area contributed by atoms with Crippen LogP contribution in [0.15, 0.2) is 79.1 Å². The van der Waals surface area contributed by atoms with Crippen LogP contribution in [0.1, 0.15) is 15.9 Å². The first-order valence-corrected chi connectivity index (χ1v) is 9.29. The zero-order chi connectivity index (χ0) is 20.1. The molecule has 4 aromatic rings. The Labute approximate surface area is 167 Å². The fourth-order valence-electron chi connectivity index (χ4n) is 3.17. The Morgan fingerprint density at radius 3 is 2.62 bits per heavy atom. The SMILES string of the molecule is O=C(NCCc1cccc2cccnc12)c1cccnc1Nc1cccc(F)c1. The van der Waals surface area contributed by atoms with Crippen LogP contribution in [0.5, 0.6) is 0 Å². The Balaban J connectivity index is 1.45. The van der Waals surface area contributed by atoms with Gasteiger partial charge in [0.05, 0.1) is 11.1 Å². The number of hydrogen-bond donors (Lipinski definition) is 2. The molecule has 0 saturated heterocycles. The lowest BCUT2D eigenvalue weighted by molar-refractivity contribution is 0.0954. The second kappa shape index (κ2) is 8.48. The number of nitrogens with one attached hydrogen (secondary N) is 2. The zero-order valence-corrected chi connectivity index (χ0v) is 15.6. The van der Waals surface area contributed by atoms with Gasteiger partial charge in [0, 0.05) is 30.0 Å². The average Bonchev–Trinajstić information content (AvgIpc) is 2.74. The van der Waals surface area contributed by atoms with E-state index in [2.05, 4.69) is 20.6 Å². The molecule has 0 unspecified atom stereocenters. The van der Waals surface area contributed by atoms with Crippen LogP contribution in [0.4, 0.5) is 15.9 Å². The smallest absolute Gasteiger partial charge is 0.255 e. The van der Waals surface area contributed by atoms with E-state index in [0.29, 0.717) is 30.0 Å². The minimum atomic E-state index is -0.361. The van der Waals surface area contributed by atoms with E-state index in [1.54, 1.807) is 36.7 Å². The lowest BCUT2D eigenvalue weighted by Gasteiger charge is -2.12. The molecule has 0 aliphatic rings. The highest BCUT2D eigenvalue weighted by atomic mass is 19.1. The first-order valence-electron chi connectivity index (χ1n) is 9.29. The molecule has 1 amide bonds. The van der Waals surface area contributed by atoms with Gasteiger partial charge in [-0.2, -0.15) is 0 Å². The minimum absolute atomic E-state index is 0.245. The summed E-state index contributed by atoms with van der Waals surface area (Å²) in [5.41, 5.74) is 2.94. The Morgan fingerprint density at radius 1 is 0.931 bits per heavy atom. The van der Waals surface area contributed by atoms with Crippen molar-refractivity contribution >= 4 is 28.3 Å². The van der Waals surface area contributed by atoms with Crippen LogP contribution in [0.25, 0.3) is 10.9 Å². The molecule has 0 spiro atoms. The van der Waals surface area contributed by atoms with Crippen molar-refractivity contribution in [3.05, 3.63) is 96.1 Å². The van der Waals surface area contributed by atoms with Crippen LogP contribution in [-0.2, 0) is 6.42 Å². The van der Waals surface area contributed by atoms with Gasteiger partial charge >= 0.3 is 0 Å². The monoisotopic (exact) mass is 386 g/mol. The summed E-state index contributed by atoms with van der Waals surface area (Å²) in [4.78, 5) is 21.4. The number of halogens is 1. The quantitative estimate of drug-likeness (QED) is 0.513. The Kier molecular flexibility index (Phi) is 5.42. The van der Waals surface area contributed by atoms with Crippen molar-refractivity contribution in [3.63, 3.8) is 0 Å². The van der Waals surface area contributed by atoms with E-state index >= 15 is 0 Å². The number of fused-ring (bicyclic) bond motifs is 1. The number of rotatable bonds is 6. The molecule has 2 N–H and O–H groups in total. The molecule has 144 valence electrons. The van der Waals surface area contributed by atoms with Crippen LogP contribution < -0.4 is 10.6 Å². The minimum Gasteiger partial charge on any atom is -0.352 e. The number of benzene rings is 2. The molecule has 0 radical (unpaired) electrons. The number of nitrogens with zero attached hydrogens (tertiary/aromatic N) is 2. The molecule has 2 aromatic carbocycles. The highest BCUT2D eigenvalue weighted by Crippen LogP contribution is 2.19. The van der Waals surface area contributed by atoms with Crippen molar-refractivity contribution in [3.8, 4) is 0 Å². The Hall–Kier alpha value is -3.80. The molecule has 6 heteroatoms. The maximum absolute atomic E-state index is 13.4. The van der Waals surface area contributed by atoms with Gasteiger partial charge in [0.15, 0.2) is 0 Å². The third-order valence-corrected chi connectivity index (χ3v) is 4.54. The molecular formula is C23H19FN4O. The normalized spacial score (nSPS) is 10.7. The first-order chi connectivity index (χ1) is 14.2. The summed E-state index contributed by atoms with van der Waals surface area (Å²) in [5, 5.41) is 7.01. The highest BCUT2D eigenvalue weighted by Gasteiger charge is 2.13. The molecule has 0 fully saturated rings. The predicted molar refractivity (Wildman–Crippen MR) is 112 cm³/mol. The van der Waals surface area contributed by atoms with Crippen molar-refractivity contribution in [2.45, 2.75) is 6.42 Å². The summed E-state index contributed by atoms with van der Waals surface area (Å²) >= 11 is 0. The Bertz CT molecular complexity index is 1160. The van der Waals surface area contributed by atoms with E-state index in [0.717, 1.165) is 16.5 Å². The van der Waals surface area contributed by atoms with Gasteiger partial charge in [-0.25, -0.2) is 9.37 Å². The fourth-order valence-corrected chi connectivity index (χ4v) is 3.17. The third kappa shape index (κ3) is 4.38. The largest absolute Gasteiger partial charge is 0.352 e. The van der Waals surface area contributed by atoms with Crippen molar-refractivity contribution in [2.24, 2.45) is 0 Å². The predicted octanol–water partition coefficient (Wildman–Crippen LogP) is 4.49. The maximum atomic E-state index is 13.4. The number of para-hydroxylation sites is 1. The standard InChI is InChI=1S/C23H19FN4O/c24-18-8-2-9-19(15-18)28-22-20(10-4-13-26-22)23(29)27-14-11-17-6-1-5-16-7-3-12-25-21(16)17/h1-10,12-13,15H,11,14H2,(H,26,28)(H,27,29). The number of carbonyl (C=O) groups is 1. The second-order valence-electron chi connectivity index (χ2n) is 6.53. The summed E-state index contributed by atoms with van der Waals surface area (Å²) < 4.78 is 13.4. The number of carbonyl (C=O) groups excluding carboxylic acids is 1. The molecule has 0 atom stereocenters. The van der Waals surface area contributed by atoms with E-state index in [1.165, 1.54) is 12.1 Å². The van der Waals surface area contributed by atoms with Gasteiger partial charge in [0.25, 0.3) is 5.91 Å². The van der Waals surface area contributed by atoms with Gasteiger partial charge in [-0.15, -0.1) is 0 Å². The van der Waals surface area contributed by atoms with Crippen molar-refractivity contribution in [1.29, 1.82) is 0 Å². The summed E-state index contributed by atoms with van der Waals surface area (Å²) in [5.74, 6) is -0.228. The molecular weight excluding hydrogens is 367 g/mol. The van der Waals surface area contributed by atoms with E-state index in [9.17, 15) is 9.18 Å². The Morgan fingerprint density at radius 2 is 1.72 bits per heavy atom. The highest BCUT2D eigenvalue weighted by molar-refractivity contribution is 5.99.